The number of alkyl halides is 3. The number of rotatable bonds is 6. The summed E-state index contributed by atoms with van der Waals surface area (Å²) in [6.45, 7) is 0.163. The summed E-state index contributed by atoms with van der Waals surface area (Å²) >= 11 is 6.46. The fraction of sp³-hybridized carbons (Fsp3) is 0.316. The first kappa shape index (κ1) is 25.0. The summed E-state index contributed by atoms with van der Waals surface area (Å²) in [7, 11) is -3.80. The first-order valence-corrected chi connectivity index (χ1v) is 12.3. The van der Waals surface area contributed by atoms with Gasteiger partial charge in [-0.05, 0) is 52.7 Å². The lowest BCUT2D eigenvalue weighted by atomic mass is 10.1. The summed E-state index contributed by atoms with van der Waals surface area (Å²) in [4.78, 5) is 12.0. The van der Waals surface area contributed by atoms with E-state index in [1.54, 1.807) is 12.1 Å². The monoisotopic (exact) mass is 599 g/mol. The minimum atomic E-state index is -4.62. The Morgan fingerprint density at radius 3 is 2.62 bits per heavy atom. The van der Waals surface area contributed by atoms with Gasteiger partial charge in [0.05, 0.1) is 16.1 Å². The van der Waals surface area contributed by atoms with E-state index in [1.165, 1.54) is 18.2 Å². The van der Waals surface area contributed by atoms with E-state index in [4.69, 9.17) is 4.74 Å². The van der Waals surface area contributed by atoms with Crippen LogP contribution in [0.1, 0.15) is 12.0 Å². The SMILES string of the molecule is O=C(Nc1ccccc1C(F)(F)F)OC[C@H]1C[C@@H](NS(=O)(=O)c2cc(Br)ccc2Br)CN1. The summed E-state index contributed by atoms with van der Waals surface area (Å²) in [6, 6.07) is 8.53. The second-order valence-corrected chi connectivity index (χ2v) is 10.5. The molecule has 2 aromatic carbocycles. The van der Waals surface area contributed by atoms with E-state index < -0.39 is 39.6 Å². The summed E-state index contributed by atoms with van der Waals surface area (Å²) in [6.07, 6.45) is -5.33. The molecule has 3 N–H and O–H groups in total. The van der Waals surface area contributed by atoms with Gasteiger partial charge in [0.2, 0.25) is 10.0 Å². The first-order chi connectivity index (χ1) is 15.0. The van der Waals surface area contributed by atoms with Crippen molar-refractivity contribution in [1.29, 1.82) is 0 Å². The van der Waals surface area contributed by atoms with Crippen molar-refractivity contribution in [2.24, 2.45) is 0 Å². The Labute approximate surface area is 199 Å². The molecule has 0 aliphatic carbocycles. The Balaban J connectivity index is 1.53. The van der Waals surface area contributed by atoms with Crippen molar-refractivity contribution in [2.75, 3.05) is 18.5 Å². The molecule has 0 unspecified atom stereocenters. The molecule has 0 spiro atoms. The molecule has 1 amide bonds. The fourth-order valence-electron chi connectivity index (χ4n) is 3.16. The minimum absolute atomic E-state index is 0.0780. The van der Waals surface area contributed by atoms with E-state index in [2.05, 4.69) is 47.2 Å². The zero-order valence-electron chi connectivity index (χ0n) is 16.2. The van der Waals surface area contributed by atoms with E-state index in [9.17, 15) is 26.4 Å². The molecule has 13 heteroatoms. The van der Waals surface area contributed by atoms with Crippen molar-refractivity contribution in [2.45, 2.75) is 29.6 Å². The van der Waals surface area contributed by atoms with E-state index in [0.717, 1.165) is 12.1 Å². The third-order valence-corrected chi connectivity index (χ3v) is 7.62. The van der Waals surface area contributed by atoms with Crippen LogP contribution in [0.3, 0.4) is 0 Å². The average molecular weight is 601 g/mol. The molecule has 1 aliphatic rings. The molecule has 0 aromatic heterocycles. The smallest absolute Gasteiger partial charge is 0.418 e. The predicted octanol–water partition coefficient (Wildman–Crippen LogP) is 4.49. The maximum atomic E-state index is 13.0. The highest BCUT2D eigenvalue weighted by molar-refractivity contribution is 9.11. The number of ether oxygens (including phenoxy) is 1. The Morgan fingerprint density at radius 1 is 1.19 bits per heavy atom. The summed E-state index contributed by atoms with van der Waals surface area (Å²) < 4.78 is 73.0. The topological polar surface area (TPSA) is 96.5 Å². The van der Waals surface area contributed by atoms with Crippen LogP contribution in [0.5, 0.6) is 0 Å². The van der Waals surface area contributed by atoms with Crippen LogP contribution in [0.15, 0.2) is 56.3 Å². The van der Waals surface area contributed by atoms with Crippen molar-refractivity contribution in [3.05, 3.63) is 57.0 Å². The van der Waals surface area contributed by atoms with E-state index in [0.29, 0.717) is 21.9 Å². The highest BCUT2D eigenvalue weighted by Crippen LogP contribution is 2.34. The Morgan fingerprint density at radius 2 is 1.91 bits per heavy atom. The van der Waals surface area contributed by atoms with Crippen LogP contribution in [0.4, 0.5) is 23.7 Å². The van der Waals surface area contributed by atoms with Crippen molar-refractivity contribution in [3.63, 3.8) is 0 Å². The van der Waals surface area contributed by atoms with Crippen molar-refractivity contribution < 1.29 is 31.1 Å². The molecule has 2 atom stereocenters. The average Bonchev–Trinajstić information content (AvgIpc) is 3.14. The Bertz CT molecular complexity index is 1100. The molecule has 1 heterocycles. The van der Waals surface area contributed by atoms with Gasteiger partial charge in [0, 0.05) is 27.6 Å². The second kappa shape index (κ2) is 10.1. The minimum Gasteiger partial charge on any atom is -0.448 e. The summed E-state index contributed by atoms with van der Waals surface area (Å²) in [5, 5.41) is 5.12. The standard InChI is InChI=1S/C19H18Br2F3N3O4S/c20-11-5-6-15(21)17(7-11)32(29,30)27-12-8-13(25-9-12)10-31-18(28)26-16-4-2-1-3-14(16)19(22,23)24/h1-7,12-13,25,27H,8-10H2,(H,26,28)/t12-,13-/m1/s1. The molecule has 0 bridgehead atoms. The number of halogens is 5. The third-order valence-electron chi connectivity index (χ3n) is 4.61. The lowest BCUT2D eigenvalue weighted by Crippen LogP contribution is -2.36. The molecule has 7 nitrogen and oxygen atoms in total. The zero-order chi connectivity index (χ0) is 23.5. The van der Waals surface area contributed by atoms with Crippen LogP contribution in [-0.4, -0.2) is 39.7 Å². The van der Waals surface area contributed by atoms with Gasteiger partial charge in [-0.2, -0.15) is 13.2 Å². The maximum absolute atomic E-state index is 13.0. The fourth-order valence-corrected chi connectivity index (χ4v) is 5.91. The lowest BCUT2D eigenvalue weighted by Gasteiger charge is -2.15. The van der Waals surface area contributed by atoms with E-state index in [1.807, 2.05) is 0 Å². The largest absolute Gasteiger partial charge is 0.448 e. The lowest BCUT2D eigenvalue weighted by molar-refractivity contribution is -0.136. The third kappa shape index (κ3) is 6.44. The number of carbonyl (C=O) groups excluding carboxylic acids is 1. The van der Waals surface area contributed by atoms with Gasteiger partial charge in [0.1, 0.15) is 6.61 Å². The number of para-hydroxylation sites is 1. The molecule has 1 aliphatic heterocycles. The molecule has 1 saturated heterocycles. The number of benzene rings is 2. The van der Waals surface area contributed by atoms with Crippen LogP contribution in [-0.2, 0) is 20.9 Å². The molecular formula is C19H18Br2F3N3O4S. The Kier molecular flexibility index (Phi) is 7.86. The molecule has 0 saturated carbocycles. The number of nitrogens with one attached hydrogen (secondary N) is 3. The number of amides is 1. The number of anilines is 1. The van der Waals surface area contributed by atoms with Gasteiger partial charge in [-0.15, -0.1) is 0 Å². The van der Waals surface area contributed by atoms with Gasteiger partial charge in [0.25, 0.3) is 0 Å². The van der Waals surface area contributed by atoms with Gasteiger partial charge in [-0.1, -0.05) is 28.1 Å². The van der Waals surface area contributed by atoms with Crippen LogP contribution in [0.25, 0.3) is 0 Å². The maximum Gasteiger partial charge on any atom is 0.418 e. The zero-order valence-corrected chi connectivity index (χ0v) is 20.2. The Hall–Kier alpha value is -1.67. The highest BCUT2D eigenvalue weighted by atomic mass is 79.9. The predicted molar refractivity (Wildman–Crippen MR) is 119 cm³/mol. The van der Waals surface area contributed by atoms with Crippen LogP contribution in [0.2, 0.25) is 0 Å². The second-order valence-electron chi connectivity index (χ2n) is 7.00. The quantitative estimate of drug-likeness (QED) is 0.454. The van der Waals surface area contributed by atoms with E-state index >= 15 is 0 Å². The number of sulfonamides is 1. The normalized spacial score (nSPS) is 19.0. The van der Waals surface area contributed by atoms with Crippen molar-refractivity contribution in [3.8, 4) is 0 Å². The van der Waals surface area contributed by atoms with Gasteiger partial charge >= 0.3 is 12.3 Å². The van der Waals surface area contributed by atoms with Gasteiger partial charge in [-0.3, -0.25) is 5.32 Å². The molecular weight excluding hydrogens is 583 g/mol. The van der Waals surface area contributed by atoms with Crippen molar-refractivity contribution in [1.82, 2.24) is 10.0 Å². The van der Waals surface area contributed by atoms with Gasteiger partial charge in [0.15, 0.2) is 0 Å². The number of carbonyl (C=O) groups is 1. The van der Waals surface area contributed by atoms with Crippen molar-refractivity contribution >= 4 is 53.7 Å². The van der Waals surface area contributed by atoms with E-state index in [-0.39, 0.29) is 17.5 Å². The molecule has 174 valence electrons. The first-order valence-electron chi connectivity index (χ1n) is 9.26. The summed E-state index contributed by atoms with van der Waals surface area (Å²) in [5.74, 6) is 0. The number of hydrogen-bond donors (Lipinski definition) is 3. The van der Waals surface area contributed by atoms with Gasteiger partial charge in [-0.25, -0.2) is 17.9 Å². The molecule has 2 aromatic rings. The molecule has 1 fully saturated rings. The molecule has 32 heavy (non-hydrogen) atoms. The highest BCUT2D eigenvalue weighted by Gasteiger charge is 2.34. The summed E-state index contributed by atoms with van der Waals surface area (Å²) in [5.41, 5.74) is -1.39. The molecule has 3 rings (SSSR count). The van der Waals surface area contributed by atoms with Crippen LogP contribution in [0, 0.1) is 0 Å². The van der Waals surface area contributed by atoms with Gasteiger partial charge < -0.3 is 10.1 Å². The van der Waals surface area contributed by atoms with Crippen LogP contribution >= 0.6 is 31.9 Å². The van der Waals surface area contributed by atoms with Crippen LogP contribution < -0.4 is 15.4 Å². The molecule has 0 radical (unpaired) electrons. The number of hydrogen-bond acceptors (Lipinski definition) is 5.